The van der Waals surface area contributed by atoms with Crippen molar-refractivity contribution < 1.29 is 0 Å². The molecule has 0 amide bonds. The molecule has 1 heterocycles. The van der Waals surface area contributed by atoms with Crippen molar-refractivity contribution in [3.05, 3.63) is 21.9 Å². The SMILES string of the molecule is CCCNC(C)C(Cc1ccc(CC)s1)C(C)C. The van der Waals surface area contributed by atoms with Crippen molar-refractivity contribution in [2.75, 3.05) is 6.54 Å². The molecular formula is C16H29NS. The van der Waals surface area contributed by atoms with Gasteiger partial charge < -0.3 is 5.32 Å². The van der Waals surface area contributed by atoms with Crippen molar-refractivity contribution in [3.8, 4) is 0 Å². The van der Waals surface area contributed by atoms with E-state index in [-0.39, 0.29) is 0 Å². The van der Waals surface area contributed by atoms with Gasteiger partial charge in [-0.1, -0.05) is 27.7 Å². The lowest BCUT2D eigenvalue weighted by Crippen LogP contribution is -2.37. The maximum Gasteiger partial charge on any atom is 0.00729 e. The Bertz CT molecular complexity index is 330. The Hall–Kier alpha value is -0.340. The summed E-state index contributed by atoms with van der Waals surface area (Å²) < 4.78 is 0. The molecule has 0 aliphatic heterocycles. The zero-order chi connectivity index (χ0) is 13.5. The van der Waals surface area contributed by atoms with Crippen LogP contribution in [0.4, 0.5) is 0 Å². The highest BCUT2D eigenvalue weighted by atomic mass is 32.1. The fourth-order valence-electron chi connectivity index (χ4n) is 2.47. The minimum absolute atomic E-state index is 0.608. The van der Waals surface area contributed by atoms with E-state index in [1.165, 1.54) is 24.1 Å². The smallest absolute Gasteiger partial charge is 0.00729 e. The van der Waals surface area contributed by atoms with Crippen LogP contribution in [0.5, 0.6) is 0 Å². The van der Waals surface area contributed by atoms with Gasteiger partial charge in [0.1, 0.15) is 0 Å². The first-order chi connectivity index (χ1) is 8.58. The van der Waals surface area contributed by atoms with Crippen molar-refractivity contribution in [2.24, 2.45) is 11.8 Å². The van der Waals surface area contributed by atoms with Crippen molar-refractivity contribution in [1.29, 1.82) is 0 Å². The van der Waals surface area contributed by atoms with Gasteiger partial charge in [-0.2, -0.15) is 0 Å². The normalized spacial score (nSPS) is 15.0. The lowest BCUT2D eigenvalue weighted by atomic mass is 9.86. The summed E-state index contributed by atoms with van der Waals surface area (Å²) in [7, 11) is 0. The molecule has 0 spiro atoms. The van der Waals surface area contributed by atoms with E-state index >= 15 is 0 Å². The van der Waals surface area contributed by atoms with Gasteiger partial charge in [0.05, 0.1) is 0 Å². The average Bonchev–Trinajstić information content (AvgIpc) is 2.80. The van der Waals surface area contributed by atoms with Crippen LogP contribution in [0.3, 0.4) is 0 Å². The predicted octanol–water partition coefficient (Wildman–Crippen LogP) is 4.51. The first-order valence-electron chi connectivity index (χ1n) is 7.39. The largest absolute Gasteiger partial charge is 0.314 e. The minimum atomic E-state index is 0.608. The van der Waals surface area contributed by atoms with Gasteiger partial charge in [0.25, 0.3) is 0 Å². The van der Waals surface area contributed by atoms with Crippen LogP contribution in [0.15, 0.2) is 12.1 Å². The first-order valence-corrected chi connectivity index (χ1v) is 8.21. The van der Waals surface area contributed by atoms with Crippen LogP contribution < -0.4 is 5.32 Å². The van der Waals surface area contributed by atoms with Gasteiger partial charge in [-0.15, -0.1) is 11.3 Å². The molecule has 1 aromatic heterocycles. The Morgan fingerprint density at radius 3 is 2.28 bits per heavy atom. The molecule has 18 heavy (non-hydrogen) atoms. The van der Waals surface area contributed by atoms with Gasteiger partial charge in [0.2, 0.25) is 0 Å². The number of hydrogen-bond acceptors (Lipinski definition) is 2. The highest BCUT2D eigenvalue weighted by Gasteiger charge is 2.21. The molecule has 0 radical (unpaired) electrons. The van der Waals surface area contributed by atoms with Crippen LogP contribution in [0.25, 0.3) is 0 Å². The van der Waals surface area contributed by atoms with E-state index in [1.54, 1.807) is 4.88 Å². The quantitative estimate of drug-likeness (QED) is 0.730. The fourth-order valence-corrected chi connectivity index (χ4v) is 3.50. The number of aryl methyl sites for hydroxylation is 1. The second kappa shape index (κ2) is 7.96. The average molecular weight is 267 g/mol. The standard InChI is InChI=1S/C16H29NS/c1-6-10-17-13(5)16(12(3)4)11-15-9-8-14(7-2)18-15/h8-9,12-13,16-17H,6-7,10-11H2,1-5H3. The zero-order valence-corrected chi connectivity index (χ0v) is 13.4. The summed E-state index contributed by atoms with van der Waals surface area (Å²) >= 11 is 1.99. The van der Waals surface area contributed by atoms with Crippen LogP contribution in [0.2, 0.25) is 0 Å². The Kier molecular flexibility index (Phi) is 6.95. The molecule has 1 aromatic rings. The molecule has 0 aromatic carbocycles. The van der Waals surface area contributed by atoms with E-state index in [0.29, 0.717) is 6.04 Å². The van der Waals surface area contributed by atoms with Crippen LogP contribution in [0, 0.1) is 11.8 Å². The zero-order valence-electron chi connectivity index (χ0n) is 12.6. The third-order valence-corrected chi connectivity index (χ3v) is 4.97. The van der Waals surface area contributed by atoms with Gasteiger partial charge in [0, 0.05) is 15.8 Å². The highest BCUT2D eigenvalue weighted by molar-refractivity contribution is 7.11. The molecule has 0 bridgehead atoms. The predicted molar refractivity (Wildman–Crippen MR) is 83.5 cm³/mol. The van der Waals surface area contributed by atoms with Crippen LogP contribution in [-0.2, 0) is 12.8 Å². The van der Waals surface area contributed by atoms with E-state index in [1.807, 2.05) is 11.3 Å². The molecule has 1 nitrogen and oxygen atoms in total. The molecular weight excluding hydrogens is 238 g/mol. The van der Waals surface area contributed by atoms with E-state index < -0.39 is 0 Å². The molecule has 1 rings (SSSR count). The van der Waals surface area contributed by atoms with Crippen LogP contribution in [-0.4, -0.2) is 12.6 Å². The fraction of sp³-hybridized carbons (Fsp3) is 0.750. The molecule has 0 aliphatic carbocycles. The van der Waals surface area contributed by atoms with Crippen LogP contribution >= 0.6 is 11.3 Å². The molecule has 104 valence electrons. The van der Waals surface area contributed by atoms with E-state index in [0.717, 1.165) is 18.4 Å². The summed E-state index contributed by atoms with van der Waals surface area (Å²) in [6, 6.07) is 5.23. The molecule has 2 heteroatoms. The number of rotatable bonds is 8. The Morgan fingerprint density at radius 1 is 1.11 bits per heavy atom. The monoisotopic (exact) mass is 267 g/mol. The van der Waals surface area contributed by atoms with Crippen molar-refractivity contribution in [1.82, 2.24) is 5.32 Å². The number of hydrogen-bond donors (Lipinski definition) is 1. The molecule has 0 saturated carbocycles. The molecule has 0 fully saturated rings. The topological polar surface area (TPSA) is 12.0 Å². The number of thiophene rings is 1. The molecule has 2 unspecified atom stereocenters. The second-order valence-corrected chi connectivity index (χ2v) is 6.83. The van der Waals surface area contributed by atoms with Crippen LogP contribution in [0.1, 0.15) is 50.8 Å². The lowest BCUT2D eigenvalue weighted by Gasteiger charge is -2.28. The first kappa shape index (κ1) is 15.7. The van der Waals surface area contributed by atoms with E-state index in [2.05, 4.69) is 52.1 Å². The Balaban J connectivity index is 2.61. The lowest BCUT2D eigenvalue weighted by molar-refractivity contribution is 0.290. The third-order valence-electron chi connectivity index (χ3n) is 3.72. The van der Waals surface area contributed by atoms with Gasteiger partial charge in [0.15, 0.2) is 0 Å². The van der Waals surface area contributed by atoms with Crippen molar-refractivity contribution >= 4 is 11.3 Å². The molecule has 1 N–H and O–H groups in total. The summed E-state index contributed by atoms with van der Waals surface area (Å²) in [6.45, 7) is 12.6. The summed E-state index contributed by atoms with van der Waals surface area (Å²) in [5, 5.41) is 3.66. The minimum Gasteiger partial charge on any atom is -0.314 e. The van der Waals surface area contributed by atoms with E-state index in [9.17, 15) is 0 Å². The summed E-state index contributed by atoms with van der Waals surface area (Å²) in [5.41, 5.74) is 0. The second-order valence-electron chi connectivity index (χ2n) is 5.58. The van der Waals surface area contributed by atoms with Crippen molar-refractivity contribution in [3.63, 3.8) is 0 Å². The number of nitrogens with one attached hydrogen (secondary N) is 1. The maximum absolute atomic E-state index is 3.66. The molecule has 0 saturated heterocycles. The van der Waals surface area contributed by atoms with Gasteiger partial charge in [-0.3, -0.25) is 0 Å². The van der Waals surface area contributed by atoms with Gasteiger partial charge >= 0.3 is 0 Å². The molecule has 0 aliphatic rings. The van der Waals surface area contributed by atoms with Crippen molar-refractivity contribution in [2.45, 2.75) is 59.9 Å². The Labute approximate surface area is 117 Å². The highest BCUT2D eigenvalue weighted by Crippen LogP contribution is 2.26. The third kappa shape index (κ3) is 4.74. The Morgan fingerprint density at radius 2 is 1.78 bits per heavy atom. The van der Waals surface area contributed by atoms with E-state index in [4.69, 9.17) is 0 Å². The summed E-state index contributed by atoms with van der Waals surface area (Å²) in [5.74, 6) is 1.47. The van der Waals surface area contributed by atoms with Gasteiger partial charge in [-0.25, -0.2) is 0 Å². The summed E-state index contributed by atoms with van der Waals surface area (Å²) in [6.07, 6.45) is 3.61. The van der Waals surface area contributed by atoms with Gasteiger partial charge in [-0.05, 0) is 56.7 Å². The molecule has 2 atom stereocenters. The maximum atomic E-state index is 3.66. The summed E-state index contributed by atoms with van der Waals surface area (Å²) in [4.78, 5) is 3.07.